The molecule has 0 fully saturated rings. The first-order valence-electron chi connectivity index (χ1n) is 5.47. The van der Waals surface area contributed by atoms with Gasteiger partial charge in [0.1, 0.15) is 11.5 Å². The summed E-state index contributed by atoms with van der Waals surface area (Å²) in [7, 11) is -7.06. The molecule has 0 heterocycles. The molecule has 8 heteroatoms. The van der Waals surface area contributed by atoms with E-state index in [4.69, 9.17) is 13.6 Å². The van der Waals surface area contributed by atoms with Crippen LogP contribution in [0.1, 0.15) is 0 Å². The van der Waals surface area contributed by atoms with Crippen LogP contribution in [0.4, 0.5) is 0 Å². The van der Waals surface area contributed by atoms with Gasteiger partial charge in [-0.3, -0.25) is 4.55 Å². The lowest BCUT2D eigenvalue weighted by atomic mass is 10.3. The third-order valence-corrected chi connectivity index (χ3v) is 3.94. The molecule has 0 bridgehead atoms. The van der Waals surface area contributed by atoms with E-state index in [0.29, 0.717) is 5.75 Å². The largest absolute Gasteiger partial charge is 0.418 e. The van der Waals surface area contributed by atoms with E-state index in [9.17, 15) is 13.0 Å². The highest BCUT2D eigenvalue weighted by atomic mass is 32.2. The third-order valence-electron chi connectivity index (χ3n) is 2.27. The number of para-hydroxylation sites is 1. The molecule has 0 amide bonds. The second kappa shape index (κ2) is 6.09. The standard InChI is InChI=1S/C12H11O6PS/c13-19(17-10-4-2-1-3-5-10)18-11-6-8-12(9-7-11)20(14,15)16/h1-9,19H,(H,14,15,16). The van der Waals surface area contributed by atoms with Crippen molar-refractivity contribution in [3.63, 3.8) is 0 Å². The molecule has 0 aliphatic carbocycles. The molecule has 0 spiro atoms. The third kappa shape index (κ3) is 4.09. The van der Waals surface area contributed by atoms with Crippen molar-refractivity contribution in [1.82, 2.24) is 0 Å². The summed E-state index contributed by atoms with van der Waals surface area (Å²) >= 11 is 0. The van der Waals surface area contributed by atoms with Crippen LogP contribution in [0.3, 0.4) is 0 Å². The van der Waals surface area contributed by atoms with Gasteiger partial charge in [0.2, 0.25) is 0 Å². The first-order chi connectivity index (χ1) is 9.45. The van der Waals surface area contributed by atoms with Gasteiger partial charge in [0.15, 0.2) is 0 Å². The van der Waals surface area contributed by atoms with Gasteiger partial charge >= 0.3 is 8.25 Å². The van der Waals surface area contributed by atoms with Crippen LogP contribution in [-0.4, -0.2) is 13.0 Å². The Kier molecular flexibility index (Phi) is 4.44. The highest BCUT2D eigenvalue weighted by Gasteiger charge is 2.10. The molecule has 2 aromatic rings. The fraction of sp³-hybridized carbons (Fsp3) is 0. The Morgan fingerprint density at radius 1 is 0.850 bits per heavy atom. The van der Waals surface area contributed by atoms with E-state index in [1.807, 2.05) is 0 Å². The highest BCUT2D eigenvalue weighted by molar-refractivity contribution is 7.85. The molecule has 0 aliphatic rings. The Labute approximate surface area is 116 Å². The molecule has 2 aromatic carbocycles. The Bertz CT molecular complexity index is 696. The number of hydrogen-bond acceptors (Lipinski definition) is 5. The minimum Gasteiger partial charge on any atom is -0.418 e. The minimum absolute atomic E-state index is 0.178. The fourth-order valence-electron chi connectivity index (χ4n) is 1.38. The Hall–Kier alpha value is -1.82. The summed E-state index contributed by atoms with van der Waals surface area (Å²) in [6.45, 7) is 0. The van der Waals surface area contributed by atoms with Crippen molar-refractivity contribution >= 4 is 18.4 Å². The maximum atomic E-state index is 11.6. The normalized spacial score (nSPS) is 12.7. The quantitative estimate of drug-likeness (QED) is 0.674. The van der Waals surface area contributed by atoms with Gasteiger partial charge in [-0.05, 0) is 36.4 Å². The molecule has 0 aromatic heterocycles. The lowest BCUT2D eigenvalue weighted by molar-refractivity contribution is 0.415. The van der Waals surface area contributed by atoms with Crippen LogP contribution < -0.4 is 9.05 Å². The number of rotatable bonds is 5. The van der Waals surface area contributed by atoms with Gasteiger partial charge in [-0.1, -0.05) is 18.2 Å². The smallest absolute Gasteiger partial charge is 0.418 e. The number of benzene rings is 2. The summed E-state index contributed by atoms with van der Waals surface area (Å²) in [5.74, 6) is 0.586. The zero-order chi connectivity index (χ0) is 14.6. The van der Waals surface area contributed by atoms with Gasteiger partial charge < -0.3 is 9.05 Å². The maximum absolute atomic E-state index is 11.6. The molecule has 1 unspecified atom stereocenters. The van der Waals surface area contributed by atoms with Crippen molar-refractivity contribution < 1.29 is 26.6 Å². The molecule has 0 saturated heterocycles. The highest BCUT2D eigenvalue weighted by Crippen LogP contribution is 2.30. The fourth-order valence-corrected chi connectivity index (χ4v) is 2.56. The van der Waals surface area contributed by atoms with Crippen molar-refractivity contribution in [2.75, 3.05) is 0 Å². The van der Waals surface area contributed by atoms with E-state index in [1.165, 1.54) is 12.1 Å². The van der Waals surface area contributed by atoms with E-state index in [-0.39, 0.29) is 10.6 Å². The lowest BCUT2D eigenvalue weighted by Gasteiger charge is -2.08. The van der Waals surface area contributed by atoms with Gasteiger partial charge in [-0.15, -0.1) is 0 Å². The van der Waals surface area contributed by atoms with E-state index in [1.54, 1.807) is 30.3 Å². The topological polar surface area (TPSA) is 89.9 Å². The van der Waals surface area contributed by atoms with Gasteiger partial charge in [0.25, 0.3) is 10.1 Å². The van der Waals surface area contributed by atoms with E-state index >= 15 is 0 Å². The first kappa shape index (κ1) is 14.6. The summed E-state index contributed by atoms with van der Waals surface area (Å²) in [6.07, 6.45) is 0. The van der Waals surface area contributed by atoms with Crippen LogP contribution in [0.5, 0.6) is 11.5 Å². The van der Waals surface area contributed by atoms with Crippen LogP contribution >= 0.6 is 8.25 Å². The van der Waals surface area contributed by atoms with Gasteiger partial charge in [0, 0.05) is 0 Å². The zero-order valence-corrected chi connectivity index (χ0v) is 11.9. The zero-order valence-electron chi connectivity index (χ0n) is 10.1. The van der Waals surface area contributed by atoms with Gasteiger partial charge in [-0.2, -0.15) is 8.42 Å². The Morgan fingerprint density at radius 2 is 1.35 bits per heavy atom. The van der Waals surface area contributed by atoms with Crippen LogP contribution in [-0.2, 0) is 14.7 Å². The molecule has 106 valence electrons. The first-order valence-corrected chi connectivity index (χ1v) is 8.14. The monoisotopic (exact) mass is 314 g/mol. The van der Waals surface area contributed by atoms with Crippen LogP contribution in [0.25, 0.3) is 0 Å². The van der Waals surface area contributed by atoms with Crippen molar-refractivity contribution in [2.45, 2.75) is 4.90 Å². The summed E-state index contributed by atoms with van der Waals surface area (Å²) < 4.78 is 52.2. The summed E-state index contributed by atoms with van der Waals surface area (Å²) in [5.41, 5.74) is 0. The van der Waals surface area contributed by atoms with Gasteiger partial charge in [0.05, 0.1) is 4.90 Å². The van der Waals surface area contributed by atoms with Crippen molar-refractivity contribution in [3.05, 3.63) is 54.6 Å². The van der Waals surface area contributed by atoms with Crippen LogP contribution in [0, 0.1) is 0 Å². The molecule has 20 heavy (non-hydrogen) atoms. The molecule has 2 rings (SSSR count). The van der Waals surface area contributed by atoms with E-state index in [0.717, 1.165) is 12.1 Å². The maximum Gasteiger partial charge on any atom is 0.418 e. The van der Waals surface area contributed by atoms with Crippen molar-refractivity contribution in [3.8, 4) is 11.5 Å². The average Bonchev–Trinajstić information content (AvgIpc) is 2.39. The van der Waals surface area contributed by atoms with Gasteiger partial charge in [-0.25, -0.2) is 4.57 Å². The average molecular weight is 314 g/mol. The van der Waals surface area contributed by atoms with Crippen LogP contribution in [0.15, 0.2) is 59.5 Å². The summed E-state index contributed by atoms with van der Waals surface area (Å²) in [5, 5.41) is 0. The Morgan fingerprint density at radius 3 is 1.85 bits per heavy atom. The lowest BCUT2D eigenvalue weighted by Crippen LogP contribution is -1.97. The second-order valence-corrected chi connectivity index (χ2v) is 6.04. The minimum atomic E-state index is -4.25. The Balaban J connectivity index is 2.02. The molecular formula is C12H11O6PS. The van der Waals surface area contributed by atoms with E-state index in [2.05, 4.69) is 0 Å². The second-order valence-electron chi connectivity index (χ2n) is 3.71. The molecule has 1 atom stereocenters. The van der Waals surface area contributed by atoms with Crippen molar-refractivity contribution in [2.24, 2.45) is 0 Å². The molecule has 1 N–H and O–H groups in total. The molecule has 0 saturated carbocycles. The molecule has 0 radical (unpaired) electrons. The molecule has 6 nitrogen and oxygen atoms in total. The van der Waals surface area contributed by atoms with E-state index < -0.39 is 18.4 Å². The summed E-state index contributed by atoms with van der Waals surface area (Å²) in [4.78, 5) is -0.270. The summed E-state index contributed by atoms with van der Waals surface area (Å²) in [6, 6.07) is 13.3. The number of hydrogen-bond donors (Lipinski definition) is 1. The predicted molar refractivity (Wildman–Crippen MR) is 73.0 cm³/mol. The molecule has 0 aliphatic heterocycles. The van der Waals surface area contributed by atoms with Crippen molar-refractivity contribution in [1.29, 1.82) is 0 Å². The van der Waals surface area contributed by atoms with Crippen LogP contribution in [0.2, 0.25) is 0 Å². The predicted octanol–water partition coefficient (Wildman–Crippen LogP) is 2.78. The SMILES string of the molecule is O=[PH](Oc1ccccc1)Oc1ccc(S(=O)(=O)O)cc1. The molecular weight excluding hydrogens is 303 g/mol.